The van der Waals surface area contributed by atoms with Gasteiger partial charge in [0.25, 0.3) is 0 Å². The third-order valence-electron chi connectivity index (χ3n) is 3.52. The van der Waals surface area contributed by atoms with Crippen LogP contribution in [0.2, 0.25) is 0 Å². The van der Waals surface area contributed by atoms with Gasteiger partial charge in [-0.1, -0.05) is 26.0 Å². The van der Waals surface area contributed by atoms with Crippen molar-refractivity contribution in [1.29, 1.82) is 0 Å². The number of hydrogen-bond acceptors (Lipinski definition) is 2. The summed E-state index contributed by atoms with van der Waals surface area (Å²) in [5.41, 5.74) is 7.91. The van der Waals surface area contributed by atoms with E-state index in [0.717, 1.165) is 24.6 Å². The van der Waals surface area contributed by atoms with E-state index in [1.54, 1.807) is 0 Å². The van der Waals surface area contributed by atoms with Crippen LogP contribution in [0, 0.1) is 5.92 Å². The van der Waals surface area contributed by atoms with E-state index in [0.29, 0.717) is 6.04 Å². The Morgan fingerprint density at radius 2 is 1.72 bits per heavy atom. The molecule has 18 heavy (non-hydrogen) atoms. The van der Waals surface area contributed by atoms with Crippen molar-refractivity contribution in [3.63, 3.8) is 0 Å². The minimum atomic E-state index is 0.677. The van der Waals surface area contributed by atoms with Gasteiger partial charge in [-0.15, -0.1) is 0 Å². The van der Waals surface area contributed by atoms with Gasteiger partial charge >= 0.3 is 0 Å². The first-order chi connectivity index (χ1) is 8.49. The zero-order valence-electron chi connectivity index (χ0n) is 12.3. The predicted molar refractivity (Wildman–Crippen MR) is 80.7 cm³/mol. The topological polar surface area (TPSA) is 29.3 Å². The maximum Gasteiger partial charge on any atom is 0.0314 e. The number of nitrogen functional groups attached to an aromatic ring is 1. The normalized spacial score (nSPS) is 13.2. The minimum absolute atomic E-state index is 0.677. The van der Waals surface area contributed by atoms with Gasteiger partial charge in [0.2, 0.25) is 0 Å². The Hall–Kier alpha value is -1.02. The maximum atomic E-state index is 5.68. The summed E-state index contributed by atoms with van der Waals surface area (Å²) in [7, 11) is 2.23. The number of nitrogens with two attached hydrogens (primary N) is 1. The molecule has 0 saturated carbocycles. The summed E-state index contributed by atoms with van der Waals surface area (Å²) in [5.74, 6) is 0.777. The number of anilines is 1. The molecule has 0 heterocycles. The van der Waals surface area contributed by atoms with E-state index in [9.17, 15) is 0 Å². The Bertz CT molecular complexity index is 329. The molecule has 0 aliphatic rings. The summed E-state index contributed by atoms with van der Waals surface area (Å²) >= 11 is 0. The van der Waals surface area contributed by atoms with E-state index in [4.69, 9.17) is 5.73 Å². The molecule has 102 valence electrons. The van der Waals surface area contributed by atoms with Gasteiger partial charge in [-0.2, -0.15) is 0 Å². The van der Waals surface area contributed by atoms with Crippen molar-refractivity contribution in [1.82, 2.24) is 4.90 Å². The molecule has 1 aromatic rings. The Labute approximate surface area is 112 Å². The molecule has 0 aliphatic heterocycles. The summed E-state index contributed by atoms with van der Waals surface area (Å²) in [5, 5.41) is 0. The second-order valence-electron chi connectivity index (χ2n) is 5.80. The second kappa shape index (κ2) is 7.42. The van der Waals surface area contributed by atoms with E-state index >= 15 is 0 Å². The van der Waals surface area contributed by atoms with Gasteiger partial charge in [0, 0.05) is 11.7 Å². The van der Waals surface area contributed by atoms with Gasteiger partial charge in [0.1, 0.15) is 0 Å². The first kappa shape index (κ1) is 15.0. The molecule has 1 aromatic carbocycles. The molecule has 0 saturated heterocycles. The molecule has 1 unspecified atom stereocenters. The van der Waals surface area contributed by atoms with Gasteiger partial charge in [0.05, 0.1) is 0 Å². The molecule has 2 N–H and O–H groups in total. The Morgan fingerprint density at radius 3 is 2.28 bits per heavy atom. The molecular weight excluding hydrogens is 220 g/mol. The van der Waals surface area contributed by atoms with Crippen LogP contribution in [0.1, 0.15) is 39.2 Å². The zero-order chi connectivity index (χ0) is 13.5. The van der Waals surface area contributed by atoms with E-state index in [-0.39, 0.29) is 0 Å². The quantitative estimate of drug-likeness (QED) is 0.747. The van der Waals surface area contributed by atoms with E-state index < -0.39 is 0 Å². The van der Waals surface area contributed by atoms with Crippen molar-refractivity contribution < 1.29 is 0 Å². The molecule has 0 bridgehead atoms. The Kier molecular flexibility index (Phi) is 6.20. The smallest absolute Gasteiger partial charge is 0.0314 e. The van der Waals surface area contributed by atoms with Crippen molar-refractivity contribution in [2.75, 3.05) is 19.3 Å². The Morgan fingerprint density at radius 1 is 1.11 bits per heavy atom. The molecule has 0 spiro atoms. The van der Waals surface area contributed by atoms with E-state index in [1.807, 2.05) is 12.1 Å². The summed E-state index contributed by atoms with van der Waals surface area (Å²) in [6.45, 7) is 8.07. The molecular formula is C16H28N2. The van der Waals surface area contributed by atoms with Crippen molar-refractivity contribution in [3.8, 4) is 0 Å². The first-order valence-corrected chi connectivity index (χ1v) is 7.03. The number of aryl methyl sites for hydroxylation is 1. The summed E-state index contributed by atoms with van der Waals surface area (Å²) < 4.78 is 0. The van der Waals surface area contributed by atoms with Gasteiger partial charge in [-0.05, 0) is 63.4 Å². The van der Waals surface area contributed by atoms with E-state index in [2.05, 4.69) is 44.9 Å². The van der Waals surface area contributed by atoms with Crippen molar-refractivity contribution >= 4 is 5.69 Å². The van der Waals surface area contributed by atoms with Crippen LogP contribution in [-0.4, -0.2) is 24.5 Å². The fourth-order valence-electron chi connectivity index (χ4n) is 2.30. The van der Waals surface area contributed by atoms with Gasteiger partial charge in [-0.25, -0.2) is 0 Å². The third-order valence-corrected chi connectivity index (χ3v) is 3.52. The van der Waals surface area contributed by atoms with Gasteiger partial charge in [-0.3, -0.25) is 0 Å². The van der Waals surface area contributed by atoms with Gasteiger partial charge in [0.15, 0.2) is 0 Å². The molecule has 0 radical (unpaired) electrons. The molecule has 2 heteroatoms. The van der Waals surface area contributed by atoms with E-state index in [1.165, 1.54) is 18.4 Å². The monoisotopic (exact) mass is 248 g/mol. The largest absolute Gasteiger partial charge is 0.399 e. The first-order valence-electron chi connectivity index (χ1n) is 7.03. The number of rotatable bonds is 7. The van der Waals surface area contributed by atoms with Crippen molar-refractivity contribution in [3.05, 3.63) is 29.8 Å². The van der Waals surface area contributed by atoms with Crippen LogP contribution in [0.3, 0.4) is 0 Å². The standard InChI is InChI=1S/C16H28N2/c1-13(2)12-14(3)18(4)11-5-6-15-7-9-16(17)10-8-15/h7-10,13-14H,5-6,11-12,17H2,1-4H3. The lowest BCUT2D eigenvalue weighted by molar-refractivity contribution is 0.226. The fourth-order valence-corrected chi connectivity index (χ4v) is 2.30. The summed E-state index contributed by atoms with van der Waals surface area (Å²) in [4.78, 5) is 2.47. The highest BCUT2D eigenvalue weighted by Crippen LogP contribution is 2.11. The molecule has 0 amide bonds. The van der Waals surface area contributed by atoms with Crippen LogP contribution in [-0.2, 0) is 6.42 Å². The molecule has 2 nitrogen and oxygen atoms in total. The van der Waals surface area contributed by atoms with Crippen LogP contribution < -0.4 is 5.73 Å². The molecule has 0 fully saturated rings. The second-order valence-corrected chi connectivity index (χ2v) is 5.80. The predicted octanol–water partition coefficient (Wildman–Crippen LogP) is 3.57. The number of benzene rings is 1. The molecule has 0 aromatic heterocycles. The SMILES string of the molecule is CC(C)CC(C)N(C)CCCc1ccc(N)cc1. The lowest BCUT2D eigenvalue weighted by atomic mass is 10.0. The summed E-state index contributed by atoms with van der Waals surface area (Å²) in [6, 6.07) is 8.91. The lowest BCUT2D eigenvalue weighted by Crippen LogP contribution is -2.31. The van der Waals surface area contributed by atoms with Crippen LogP contribution in [0.5, 0.6) is 0 Å². The summed E-state index contributed by atoms with van der Waals surface area (Å²) in [6.07, 6.45) is 3.63. The maximum absolute atomic E-state index is 5.68. The molecule has 0 aliphatic carbocycles. The van der Waals surface area contributed by atoms with Crippen molar-refractivity contribution in [2.45, 2.75) is 46.1 Å². The van der Waals surface area contributed by atoms with Crippen LogP contribution in [0.15, 0.2) is 24.3 Å². The average molecular weight is 248 g/mol. The van der Waals surface area contributed by atoms with Gasteiger partial charge < -0.3 is 10.6 Å². The third kappa shape index (κ3) is 5.54. The highest BCUT2D eigenvalue weighted by atomic mass is 15.1. The number of nitrogens with zero attached hydrogens (tertiary/aromatic N) is 1. The van der Waals surface area contributed by atoms with Crippen LogP contribution in [0.25, 0.3) is 0 Å². The average Bonchev–Trinajstić information content (AvgIpc) is 2.30. The highest BCUT2D eigenvalue weighted by Gasteiger charge is 2.10. The van der Waals surface area contributed by atoms with Crippen LogP contribution >= 0.6 is 0 Å². The highest BCUT2D eigenvalue weighted by molar-refractivity contribution is 5.39. The van der Waals surface area contributed by atoms with Crippen molar-refractivity contribution in [2.24, 2.45) is 5.92 Å². The lowest BCUT2D eigenvalue weighted by Gasteiger charge is -2.26. The van der Waals surface area contributed by atoms with Crippen LogP contribution in [0.4, 0.5) is 5.69 Å². The molecule has 1 rings (SSSR count). The molecule has 1 atom stereocenters. The fraction of sp³-hybridized carbons (Fsp3) is 0.625. The minimum Gasteiger partial charge on any atom is -0.399 e. The Balaban J connectivity index is 2.26. The zero-order valence-corrected chi connectivity index (χ0v) is 12.3. The number of hydrogen-bond donors (Lipinski definition) is 1.